The van der Waals surface area contributed by atoms with E-state index in [1.807, 2.05) is 0 Å². The second-order valence-corrected chi connectivity index (χ2v) is 11.9. The van der Waals surface area contributed by atoms with Gasteiger partial charge >= 0.3 is 7.12 Å². The molecule has 5 rings (SSSR count). The van der Waals surface area contributed by atoms with E-state index in [2.05, 4.69) is 137 Å². The first-order chi connectivity index (χ1) is 16.4. The van der Waals surface area contributed by atoms with Gasteiger partial charge in [0.05, 0.1) is 11.2 Å². The molecule has 34 heavy (non-hydrogen) atoms. The second-order valence-electron chi connectivity index (χ2n) is 9.70. The van der Waals surface area contributed by atoms with Crippen LogP contribution in [0.2, 0.25) is 0 Å². The van der Waals surface area contributed by atoms with Crippen LogP contribution in [0.4, 0.5) is 0 Å². The van der Waals surface area contributed by atoms with E-state index in [0.717, 1.165) is 11.0 Å². The zero-order chi connectivity index (χ0) is 23.8. The maximum absolute atomic E-state index is 6.46. The molecule has 0 aliphatic carbocycles. The molecule has 0 N–H and O–H groups in total. The predicted molar refractivity (Wildman–Crippen MR) is 146 cm³/mol. The molecule has 0 spiro atoms. The molecule has 0 bridgehead atoms. The van der Waals surface area contributed by atoms with Gasteiger partial charge < -0.3 is 9.31 Å². The third-order valence-electron chi connectivity index (χ3n) is 6.93. The highest BCUT2D eigenvalue weighted by molar-refractivity contribution is 7.80. The van der Waals surface area contributed by atoms with Gasteiger partial charge in [-0.3, -0.25) is 0 Å². The van der Waals surface area contributed by atoms with Crippen LogP contribution >= 0.6 is 7.92 Å². The minimum absolute atomic E-state index is 0.384. The van der Waals surface area contributed by atoms with Crippen molar-refractivity contribution in [3.8, 4) is 11.1 Å². The van der Waals surface area contributed by atoms with E-state index >= 15 is 0 Å². The van der Waals surface area contributed by atoms with Crippen LogP contribution in [0.5, 0.6) is 0 Å². The van der Waals surface area contributed by atoms with Gasteiger partial charge in [0.25, 0.3) is 0 Å². The third-order valence-corrected chi connectivity index (χ3v) is 9.43. The van der Waals surface area contributed by atoms with Crippen molar-refractivity contribution in [2.45, 2.75) is 38.9 Å². The predicted octanol–water partition coefficient (Wildman–Crippen LogP) is 5.41. The zero-order valence-corrected chi connectivity index (χ0v) is 21.1. The van der Waals surface area contributed by atoms with Crippen LogP contribution in [0.3, 0.4) is 0 Å². The van der Waals surface area contributed by atoms with Gasteiger partial charge in [0.15, 0.2) is 0 Å². The molecule has 0 saturated carbocycles. The molecule has 1 heterocycles. The standard InChI is InChI=1S/C30H30BO2P/c1-29(2)30(3,4)33-31(32-29)27-21-13-11-19-25(27)26-20-12-14-22-28(26)34(23-15-7-5-8-16-23)24-17-9-6-10-18-24/h5-22H,1-4H3. The summed E-state index contributed by atoms with van der Waals surface area (Å²) in [5.74, 6) is 0. The molecule has 1 fully saturated rings. The molecule has 0 atom stereocenters. The average Bonchev–Trinajstić information content (AvgIpc) is 3.07. The van der Waals surface area contributed by atoms with Crippen LogP contribution in [-0.4, -0.2) is 18.3 Å². The Balaban J connectivity index is 1.67. The average molecular weight is 464 g/mol. The number of hydrogen-bond donors (Lipinski definition) is 0. The van der Waals surface area contributed by atoms with Crippen LogP contribution in [0.15, 0.2) is 109 Å². The molecule has 1 aliphatic heterocycles. The number of hydrogen-bond acceptors (Lipinski definition) is 2. The van der Waals surface area contributed by atoms with Crippen molar-refractivity contribution in [1.82, 2.24) is 0 Å². The van der Waals surface area contributed by atoms with E-state index in [-0.39, 0.29) is 11.2 Å². The molecule has 4 aromatic carbocycles. The summed E-state index contributed by atoms with van der Waals surface area (Å²) in [6.07, 6.45) is 0. The minimum atomic E-state index is -0.735. The molecular weight excluding hydrogens is 434 g/mol. The Kier molecular flexibility index (Phi) is 6.21. The lowest BCUT2D eigenvalue weighted by Crippen LogP contribution is -2.41. The van der Waals surface area contributed by atoms with Crippen molar-refractivity contribution in [3.05, 3.63) is 109 Å². The Morgan fingerprint density at radius 3 is 1.53 bits per heavy atom. The van der Waals surface area contributed by atoms with E-state index in [9.17, 15) is 0 Å². The van der Waals surface area contributed by atoms with E-state index in [1.165, 1.54) is 21.5 Å². The van der Waals surface area contributed by atoms with Gasteiger partial charge in [0.1, 0.15) is 0 Å². The summed E-state index contributed by atoms with van der Waals surface area (Å²) in [6, 6.07) is 39.0. The van der Waals surface area contributed by atoms with Crippen LogP contribution in [-0.2, 0) is 9.31 Å². The zero-order valence-electron chi connectivity index (χ0n) is 20.2. The summed E-state index contributed by atoms with van der Waals surface area (Å²) >= 11 is 0. The Labute approximate surface area is 204 Å². The van der Waals surface area contributed by atoms with Gasteiger partial charge in [-0.15, -0.1) is 0 Å². The van der Waals surface area contributed by atoms with Crippen LogP contribution in [0.25, 0.3) is 11.1 Å². The summed E-state index contributed by atoms with van der Waals surface area (Å²) in [5.41, 5.74) is 2.70. The van der Waals surface area contributed by atoms with Crippen molar-refractivity contribution in [2.75, 3.05) is 0 Å². The second kappa shape index (κ2) is 9.15. The maximum atomic E-state index is 6.46. The van der Waals surface area contributed by atoms with Crippen molar-refractivity contribution in [1.29, 1.82) is 0 Å². The minimum Gasteiger partial charge on any atom is -0.399 e. The van der Waals surface area contributed by atoms with Gasteiger partial charge in [-0.2, -0.15) is 0 Å². The molecule has 1 saturated heterocycles. The van der Waals surface area contributed by atoms with Crippen molar-refractivity contribution in [2.24, 2.45) is 0 Å². The number of rotatable bonds is 5. The Morgan fingerprint density at radius 2 is 0.971 bits per heavy atom. The lowest BCUT2D eigenvalue weighted by Gasteiger charge is -2.32. The van der Waals surface area contributed by atoms with Gasteiger partial charge in [-0.25, -0.2) is 0 Å². The Hall–Kier alpha value is -2.71. The first-order valence-corrected chi connectivity index (χ1v) is 13.2. The molecule has 0 unspecified atom stereocenters. The molecule has 0 radical (unpaired) electrons. The molecule has 170 valence electrons. The molecule has 4 heteroatoms. The quantitative estimate of drug-likeness (QED) is 0.291. The van der Waals surface area contributed by atoms with Crippen molar-refractivity contribution >= 4 is 36.4 Å². The highest BCUT2D eigenvalue weighted by Gasteiger charge is 2.52. The van der Waals surface area contributed by atoms with Crippen molar-refractivity contribution in [3.63, 3.8) is 0 Å². The molecule has 0 amide bonds. The van der Waals surface area contributed by atoms with Gasteiger partial charge in [-0.1, -0.05) is 109 Å². The van der Waals surface area contributed by atoms with E-state index < -0.39 is 15.0 Å². The molecular formula is C30H30BO2P. The van der Waals surface area contributed by atoms with E-state index in [4.69, 9.17) is 9.31 Å². The summed E-state index contributed by atoms with van der Waals surface area (Å²) in [4.78, 5) is 0. The monoisotopic (exact) mass is 464 g/mol. The largest absolute Gasteiger partial charge is 0.495 e. The first kappa shape index (κ1) is 23.1. The normalized spacial score (nSPS) is 16.7. The van der Waals surface area contributed by atoms with Crippen LogP contribution < -0.4 is 21.4 Å². The lowest BCUT2D eigenvalue weighted by molar-refractivity contribution is 0.00578. The first-order valence-electron chi connectivity index (χ1n) is 11.8. The summed E-state index contributed by atoms with van der Waals surface area (Å²) in [6.45, 7) is 8.42. The summed E-state index contributed by atoms with van der Waals surface area (Å²) < 4.78 is 12.9. The van der Waals surface area contributed by atoms with Gasteiger partial charge in [0.2, 0.25) is 0 Å². The topological polar surface area (TPSA) is 18.5 Å². The smallest absolute Gasteiger partial charge is 0.399 e. The summed E-state index contributed by atoms with van der Waals surface area (Å²) in [5, 5.41) is 4.01. The van der Waals surface area contributed by atoms with Gasteiger partial charge in [0, 0.05) is 0 Å². The fourth-order valence-corrected chi connectivity index (χ4v) is 6.86. The van der Waals surface area contributed by atoms with E-state index in [1.54, 1.807) is 0 Å². The third kappa shape index (κ3) is 4.25. The molecule has 0 aromatic heterocycles. The maximum Gasteiger partial charge on any atom is 0.495 e. The van der Waals surface area contributed by atoms with Gasteiger partial charge in [-0.05, 0) is 68.1 Å². The van der Waals surface area contributed by atoms with Crippen LogP contribution in [0.1, 0.15) is 27.7 Å². The summed E-state index contributed by atoms with van der Waals surface area (Å²) in [7, 11) is -1.14. The van der Waals surface area contributed by atoms with Crippen molar-refractivity contribution < 1.29 is 9.31 Å². The highest BCUT2D eigenvalue weighted by Crippen LogP contribution is 2.39. The SMILES string of the molecule is CC1(C)OB(c2ccccc2-c2ccccc2P(c2ccccc2)c2ccccc2)OC1(C)C. The molecule has 4 aromatic rings. The lowest BCUT2D eigenvalue weighted by atomic mass is 9.74. The molecule has 2 nitrogen and oxygen atoms in total. The fraction of sp³-hybridized carbons (Fsp3) is 0.200. The molecule has 1 aliphatic rings. The fourth-order valence-electron chi connectivity index (χ4n) is 4.40. The van der Waals surface area contributed by atoms with Crippen LogP contribution in [0, 0.1) is 0 Å². The highest BCUT2D eigenvalue weighted by atomic mass is 31.1. The van der Waals surface area contributed by atoms with E-state index in [0.29, 0.717) is 0 Å². The Morgan fingerprint density at radius 1 is 0.529 bits per heavy atom. The Bertz CT molecular complexity index is 1220. The number of benzene rings is 4.